The highest BCUT2D eigenvalue weighted by Crippen LogP contribution is 2.44. The van der Waals surface area contributed by atoms with Crippen molar-refractivity contribution in [1.29, 1.82) is 0 Å². The number of aliphatic hydroxyl groups is 4. The van der Waals surface area contributed by atoms with Crippen molar-refractivity contribution >= 4 is 0 Å². The largest absolute Gasteiger partial charge is 0.379 e. The van der Waals surface area contributed by atoms with Crippen molar-refractivity contribution in [3.8, 4) is 0 Å². The fraction of sp³-hybridized carbons (Fsp3) is 0.684. The Bertz CT molecular complexity index is 609. The third kappa shape index (κ3) is 3.47. The Balaban J connectivity index is 1.89. The molecule has 6 heteroatoms. The molecule has 6 unspecified atom stereocenters. The zero-order valence-electron chi connectivity index (χ0n) is 15.1. The van der Waals surface area contributed by atoms with Gasteiger partial charge in [-0.3, -0.25) is 5.32 Å². The van der Waals surface area contributed by atoms with Gasteiger partial charge in [-0.25, -0.2) is 4.90 Å². The Morgan fingerprint density at radius 1 is 1.08 bits per heavy atom. The summed E-state index contributed by atoms with van der Waals surface area (Å²) in [6, 6.07) is 5.30. The van der Waals surface area contributed by atoms with Crippen LogP contribution in [0.1, 0.15) is 62.8 Å². The molecule has 0 aliphatic carbocycles. The van der Waals surface area contributed by atoms with E-state index >= 15 is 0 Å². The lowest BCUT2D eigenvalue weighted by Crippen LogP contribution is -2.57. The van der Waals surface area contributed by atoms with E-state index in [1.165, 1.54) is 0 Å². The van der Waals surface area contributed by atoms with Crippen molar-refractivity contribution in [3.63, 3.8) is 0 Å². The number of piperidine rings is 1. The molecule has 2 heterocycles. The highest BCUT2D eigenvalue weighted by Gasteiger charge is 2.45. The summed E-state index contributed by atoms with van der Waals surface area (Å²) >= 11 is 0. The summed E-state index contributed by atoms with van der Waals surface area (Å²) in [5, 5.41) is 44.3. The van der Waals surface area contributed by atoms with Gasteiger partial charge in [0.1, 0.15) is 24.9 Å². The number of hydrogen-bond acceptors (Lipinski definition) is 6. The van der Waals surface area contributed by atoms with E-state index in [0.717, 1.165) is 17.5 Å². The van der Waals surface area contributed by atoms with Gasteiger partial charge in [-0.1, -0.05) is 39.0 Å². The van der Waals surface area contributed by atoms with Gasteiger partial charge >= 0.3 is 0 Å². The number of rotatable bonds is 4. The summed E-state index contributed by atoms with van der Waals surface area (Å²) in [5.41, 5.74) is 2.52. The van der Waals surface area contributed by atoms with E-state index in [0.29, 0.717) is 30.2 Å². The van der Waals surface area contributed by atoms with Crippen LogP contribution in [0.3, 0.4) is 0 Å². The summed E-state index contributed by atoms with van der Waals surface area (Å²) in [4.78, 5) is 1.55. The Morgan fingerprint density at radius 3 is 2.44 bits per heavy atom. The molecule has 140 valence electrons. The Hall–Kier alpha value is -1.02. The fourth-order valence-corrected chi connectivity index (χ4v) is 3.93. The lowest BCUT2D eigenvalue weighted by molar-refractivity contribution is -0.159. The van der Waals surface area contributed by atoms with Crippen LogP contribution in [0.2, 0.25) is 0 Å². The second kappa shape index (κ2) is 7.31. The second-order valence-corrected chi connectivity index (χ2v) is 7.81. The van der Waals surface area contributed by atoms with Crippen LogP contribution in [0, 0.1) is 11.8 Å². The minimum Gasteiger partial charge on any atom is -0.379 e. The van der Waals surface area contributed by atoms with E-state index in [4.69, 9.17) is 0 Å². The molecule has 1 aromatic rings. The van der Waals surface area contributed by atoms with Gasteiger partial charge in [0.2, 0.25) is 0 Å². The molecule has 0 bridgehead atoms. The highest BCUT2D eigenvalue weighted by molar-refractivity contribution is 5.42. The van der Waals surface area contributed by atoms with Crippen LogP contribution in [0.15, 0.2) is 18.2 Å². The fourth-order valence-electron chi connectivity index (χ4n) is 3.93. The Labute approximate surface area is 149 Å². The number of nitrogens with zero attached hydrogens (tertiary/aromatic N) is 1. The normalized spacial score (nSPS) is 34.3. The van der Waals surface area contributed by atoms with Gasteiger partial charge in [0.25, 0.3) is 0 Å². The summed E-state index contributed by atoms with van der Waals surface area (Å²) in [7, 11) is 0. The monoisotopic (exact) mass is 350 g/mol. The quantitative estimate of drug-likeness (QED) is 0.560. The van der Waals surface area contributed by atoms with Gasteiger partial charge < -0.3 is 20.4 Å². The molecule has 3 rings (SSSR count). The number of nitrogens with one attached hydrogen (secondary N) is 1. The third-order valence-electron chi connectivity index (χ3n) is 5.86. The Morgan fingerprint density at radius 2 is 1.80 bits per heavy atom. The topological polar surface area (TPSA) is 96.2 Å². The van der Waals surface area contributed by atoms with E-state index in [1.807, 2.05) is 18.2 Å². The predicted octanol–water partition coefficient (Wildman–Crippen LogP) is 1.21. The molecule has 0 spiro atoms. The van der Waals surface area contributed by atoms with E-state index in [9.17, 15) is 20.4 Å². The number of aliphatic hydroxyl groups excluding tert-OH is 4. The van der Waals surface area contributed by atoms with Crippen LogP contribution < -0.4 is 5.32 Å². The number of benzene rings is 1. The molecular weight excluding hydrogens is 320 g/mol. The molecule has 1 fully saturated rings. The first-order valence-corrected chi connectivity index (χ1v) is 9.18. The molecule has 0 amide bonds. The van der Waals surface area contributed by atoms with Gasteiger partial charge in [0.05, 0.1) is 6.04 Å². The maximum atomic E-state index is 10.9. The molecule has 2 aliphatic heterocycles. The van der Waals surface area contributed by atoms with Gasteiger partial charge in [0, 0.05) is 11.1 Å². The summed E-state index contributed by atoms with van der Waals surface area (Å²) in [6.45, 7) is 6.55. The van der Waals surface area contributed by atoms with Crippen LogP contribution in [-0.4, -0.2) is 43.8 Å². The number of fused-ring (bicyclic) bond motifs is 1. The Kier molecular flexibility index (Phi) is 5.48. The van der Waals surface area contributed by atoms with E-state index in [-0.39, 0.29) is 0 Å². The van der Waals surface area contributed by atoms with Gasteiger partial charge in [-0.05, 0) is 36.7 Å². The van der Waals surface area contributed by atoms with Crippen molar-refractivity contribution < 1.29 is 20.4 Å². The zero-order chi connectivity index (χ0) is 18.3. The van der Waals surface area contributed by atoms with Crippen LogP contribution in [0.25, 0.3) is 0 Å². The minimum atomic E-state index is -1.000. The van der Waals surface area contributed by atoms with Crippen molar-refractivity contribution in [2.75, 3.05) is 0 Å². The average Bonchev–Trinajstić information content (AvgIpc) is 2.80. The molecular formula is C19H30N2O4. The standard InChI is InChI=1S/C19H30N2O4/c1-10(2)11(3)9-12-5-4-6-13-16(12)19(25)21(18(13)24)14-7-8-15(22)20-17(14)23/h4-6,10-11,14-15,17-20,22-25H,7-9H2,1-3H3. The molecule has 6 atom stereocenters. The zero-order valence-corrected chi connectivity index (χ0v) is 15.1. The molecule has 5 N–H and O–H groups in total. The SMILES string of the molecule is CC(C)C(C)Cc1cccc2c1C(O)N(C1CCC(O)NC1O)C2O. The molecule has 25 heavy (non-hydrogen) atoms. The van der Waals surface area contributed by atoms with Crippen molar-refractivity contribution in [2.45, 2.75) is 71.0 Å². The summed E-state index contributed by atoms with van der Waals surface area (Å²) < 4.78 is 0. The lowest BCUT2D eigenvalue weighted by Gasteiger charge is -2.40. The smallest absolute Gasteiger partial charge is 0.136 e. The van der Waals surface area contributed by atoms with Crippen molar-refractivity contribution in [3.05, 3.63) is 34.9 Å². The van der Waals surface area contributed by atoms with Crippen LogP contribution in [0.4, 0.5) is 0 Å². The average molecular weight is 350 g/mol. The molecule has 0 radical (unpaired) electrons. The molecule has 0 aromatic heterocycles. The van der Waals surface area contributed by atoms with Gasteiger partial charge in [-0.2, -0.15) is 0 Å². The van der Waals surface area contributed by atoms with Crippen LogP contribution in [0.5, 0.6) is 0 Å². The van der Waals surface area contributed by atoms with Crippen molar-refractivity contribution in [2.24, 2.45) is 11.8 Å². The maximum absolute atomic E-state index is 10.9. The van der Waals surface area contributed by atoms with Crippen LogP contribution >= 0.6 is 0 Å². The summed E-state index contributed by atoms with van der Waals surface area (Å²) in [6.07, 6.45) is -1.88. The van der Waals surface area contributed by atoms with E-state index in [1.54, 1.807) is 4.90 Å². The molecule has 1 saturated heterocycles. The first kappa shape index (κ1) is 18.8. The first-order chi connectivity index (χ1) is 11.8. The third-order valence-corrected chi connectivity index (χ3v) is 5.86. The second-order valence-electron chi connectivity index (χ2n) is 7.81. The van der Waals surface area contributed by atoms with Gasteiger partial charge in [-0.15, -0.1) is 0 Å². The summed E-state index contributed by atoms with van der Waals surface area (Å²) in [5.74, 6) is 0.989. The van der Waals surface area contributed by atoms with Crippen LogP contribution in [-0.2, 0) is 6.42 Å². The first-order valence-electron chi connectivity index (χ1n) is 9.18. The molecule has 0 saturated carbocycles. The lowest BCUT2D eigenvalue weighted by atomic mass is 9.88. The van der Waals surface area contributed by atoms with E-state index in [2.05, 4.69) is 26.1 Å². The molecule has 6 nitrogen and oxygen atoms in total. The highest BCUT2D eigenvalue weighted by atomic mass is 16.3. The minimum absolute atomic E-state index is 0.460. The predicted molar refractivity (Wildman–Crippen MR) is 94.1 cm³/mol. The van der Waals surface area contributed by atoms with Gasteiger partial charge in [0.15, 0.2) is 0 Å². The van der Waals surface area contributed by atoms with Crippen molar-refractivity contribution in [1.82, 2.24) is 10.2 Å². The number of hydrogen-bond donors (Lipinski definition) is 5. The molecule has 1 aromatic carbocycles. The van der Waals surface area contributed by atoms with E-state index < -0.39 is 31.0 Å². The maximum Gasteiger partial charge on any atom is 0.136 e. The molecule has 2 aliphatic rings.